The number of amides is 1. The van der Waals surface area contributed by atoms with Gasteiger partial charge in [0.25, 0.3) is 0 Å². The first-order valence-electron chi connectivity index (χ1n) is 12.7. The third-order valence-electron chi connectivity index (χ3n) is 6.68. The lowest BCUT2D eigenvalue weighted by atomic mass is 10.1. The Morgan fingerprint density at radius 2 is 1.39 bits per heavy atom. The number of carbonyl (C=O) groups excluding carboxylic acids is 1. The van der Waals surface area contributed by atoms with Crippen molar-refractivity contribution in [3.8, 4) is 11.1 Å². The number of anilines is 1. The molecule has 1 amide bonds. The molecule has 2 aromatic carbocycles. The molecule has 4 rings (SSSR count). The van der Waals surface area contributed by atoms with Gasteiger partial charge in [0.15, 0.2) is 0 Å². The summed E-state index contributed by atoms with van der Waals surface area (Å²) in [5.41, 5.74) is 3.78. The number of rotatable bonds is 5. The van der Waals surface area contributed by atoms with E-state index in [1.807, 2.05) is 13.8 Å². The van der Waals surface area contributed by atoms with Crippen molar-refractivity contribution in [1.29, 1.82) is 0 Å². The van der Waals surface area contributed by atoms with Crippen LogP contribution in [0.25, 0.3) is 11.1 Å². The van der Waals surface area contributed by atoms with Gasteiger partial charge in [-0.25, -0.2) is 0 Å². The molecule has 0 spiro atoms. The molecule has 180 valence electrons. The molecule has 0 N–H and O–H groups in total. The highest BCUT2D eigenvalue weighted by Crippen LogP contribution is 2.24. The van der Waals surface area contributed by atoms with Crippen molar-refractivity contribution in [2.45, 2.75) is 40.2 Å². The van der Waals surface area contributed by atoms with Crippen LogP contribution in [0, 0.1) is 0 Å². The third-order valence-corrected chi connectivity index (χ3v) is 6.68. The smallest absolute Gasteiger partial charge is 0.236 e. The van der Waals surface area contributed by atoms with Crippen LogP contribution in [0.4, 0.5) is 5.69 Å². The van der Waals surface area contributed by atoms with Gasteiger partial charge in [-0.15, -0.1) is 0 Å². The molecular weight excluding hydrogens is 408 g/mol. The quantitative estimate of drug-likeness (QED) is 0.674. The van der Waals surface area contributed by atoms with E-state index in [9.17, 15) is 4.79 Å². The molecule has 0 radical (unpaired) electrons. The summed E-state index contributed by atoms with van der Waals surface area (Å²) in [7, 11) is 0. The van der Waals surface area contributed by atoms with E-state index in [2.05, 4.69) is 88.0 Å². The Labute approximate surface area is 201 Å². The maximum Gasteiger partial charge on any atom is 0.236 e. The zero-order valence-electron chi connectivity index (χ0n) is 21.0. The van der Waals surface area contributed by atoms with Gasteiger partial charge in [-0.3, -0.25) is 14.6 Å². The standard InChI is InChI=1S/C26H36N4O.C2H6/c1-22(2)28-17-19-30(20-18-28)26(31)21-27-13-6-14-29(16-15-27)25-11-9-24(10-12-25)23-7-4-3-5-8-23;1-2/h3-5,7-12,22H,6,13-21H2,1-2H3;1-2H3. The van der Waals surface area contributed by atoms with Crippen LogP contribution in [-0.2, 0) is 4.79 Å². The van der Waals surface area contributed by atoms with E-state index in [1.54, 1.807) is 0 Å². The highest BCUT2D eigenvalue weighted by Gasteiger charge is 2.24. The summed E-state index contributed by atoms with van der Waals surface area (Å²) < 4.78 is 0. The maximum atomic E-state index is 12.8. The zero-order chi connectivity index (χ0) is 23.6. The summed E-state index contributed by atoms with van der Waals surface area (Å²) in [5.74, 6) is 0.295. The molecule has 0 bridgehead atoms. The van der Waals surface area contributed by atoms with Gasteiger partial charge in [0.05, 0.1) is 6.54 Å². The largest absolute Gasteiger partial charge is 0.370 e. The SMILES string of the molecule is CC.CC(C)N1CCN(C(=O)CN2CCCN(c3ccc(-c4ccccc4)cc3)CC2)CC1. The molecule has 2 heterocycles. The molecule has 2 aliphatic rings. The van der Waals surface area contributed by atoms with E-state index >= 15 is 0 Å². The van der Waals surface area contributed by atoms with Crippen LogP contribution >= 0.6 is 0 Å². The second-order valence-corrected chi connectivity index (χ2v) is 9.04. The average Bonchev–Trinajstić information content (AvgIpc) is 3.11. The van der Waals surface area contributed by atoms with Crippen LogP contribution in [0.3, 0.4) is 0 Å². The molecule has 0 aliphatic carbocycles. The van der Waals surface area contributed by atoms with E-state index in [-0.39, 0.29) is 0 Å². The van der Waals surface area contributed by atoms with Crippen LogP contribution in [-0.4, -0.2) is 85.6 Å². The van der Waals surface area contributed by atoms with Crippen LogP contribution in [0.15, 0.2) is 54.6 Å². The summed E-state index contributed by atoms with van der Waals surface area (Å²) in [6, 6.07) is 20.0. The summed E-state index contributed by atoms with van der Waals surface area (Å²) in [4.78, 5) is 22.1. The normalized spacial score (nSPS) is 18.0. The van der Waals surface area contributed by atoms with Crippen LogP contribution in [0.1, 0.15) is 34.1 Å². The van der Waals surface area contributed by atoms with Gasteiger partial charge in [-0.2, -0.15) is 0 Å². The van der Waals surface area contributed by atoms with Crippen molar-refractivity contribution in [3.05, 3.63) is 54.6 Å². The minimum absolute atomic E-state index is 0.295. The molecule has 0 unspecified atom stereocenters. The molecule has 2 aromatic rings. The van der Waals surface area contributed by atoms with E-state index in [4.69, 9.17) is 0 Å². The van der Waals surface area contributed by atoms with Gasteiger partial charge in [0, 0.05) is 64.1 Å². The number of benzene rings is 2. The van der Waals surface area contributed by atoms with Gasteiger partial charge in [-0.05, 0) is 43.5 Å². The maximum absolute atomic E-state index is 12.8. The van der Waals surface area contributed by atoms with Crippen LogP contribution in [0.5, 0.6) is 0 Å². The van der Waals surface area contributed by atoms with Crippen molar-refractivity contribution in [2.24, 2.45) is 0 Å². The highest BCUT2D eigenvalue weighted by atomic mass is 16.2. The summed E-state index contributed by atoms with van der Waals surface area (Å²) >= 11 is 0. The van der Waals surface area contributed by atoms with Crippen LogP contribution in [0.2, 0.25) is 0 Å². The minimum atomic E-state index is 0.295. The molecule has 33 heavy (non-hydrogen) atoms. The first-order valence-corrected chi connectivity index (χ1v) is 12.7. The highest BCUT2D eigenvalue weighted by molar-refractivity contribution is 5.78. The van der Waals surface area contributed by atoms with Crippen molar-refractivity contribution in [3.63, 3.8) is 0 Å². The van der Waals surface area contributed by atoms with E-state index in [1.165, 1.54) is 16.8 Å². The van der Waals surface area contributed by atoms with Crippen molar-refractivity contribution < 1.29 is 4.79 Å². The molecular formula is C28H42N4O. The number of hydrogen-bond donors (Lipinski definition) is 0. The molecule has 0 aromatic heterocycles. The zero-order valence-corrected chi connectivity index (χ0v) is 21.0. The van der Waals surface area contributed by atoms with Crippen molar-refractivity contribution in [1.82, 2.24) is 14.7 Å². The Kier molecular flexibility index (Phi) is 9.76. The fraction of sp³-hybridized carbons (Fsp3) is 0.536. The average molecular weight is 451 g/mol. The summed E-state index contributed by atoms with van der Waals surface area (Å²) in [6.45, 7) is 16.7. The molecule has 2 saturated heterocycles. The minimum Gasteiger partial charge on any atom is -0.370 e. The molecule has 5 nitrogen and oxygen atoms in total. The lowest BCUT2D eigenvalue weighted by Crippen LogP contribution is -2.52. The van der Waals surface area contributed by atoms with Crippen molar-refractivity contribution in [2.75, 3.05) is 63.8 Å². The second-order valence-electron chi connectivity index (χ2n) is 9.04. The lowest BCUT2D eigenvalue weighted by molar-refractivity contribution is -0.134. The Hall–Kier alpha value is -2.37. The molecule has 0 saturated carbocycles. The van der Waals surface area contributed by atoms with Gasteiger partial charge < -0.3 is 9.80 Å². The number of nitrogens with zero attached hydrogens (tertiary/aromatic N) is 4. The van der Waals surface area contributed by atoms with E-state index in [0.29, 0.717) is 18.5 Å². The Balaban J connectivity index is 0.00000149. The number of piperazine rings is 1. The number of hydrogen-bond acceptors (Lipinski definition) is 4. The first-order chi connectivity index (χ1) is 16.1. The lowest BCUT2D eigenvalue weighted by Gasteiger charge is -2.37. The predicted octanol–water partition coefficient (Wildman–Crippen LogP) is 4.44. The van der Waals surface area contributed by atoms with Gasteiger partial charge in [-0.1, -0.05) is 56.3 Å². The first kappa shape index (κ1) is 25.3. The molecule has 2 aliphatic heterocycles. The summed E-state index contributed by atoms with van der Waals surface area (Å²) in [6.07, 6.45) is 1.09. The fourth-order valence-electron chi connectivity index (χ4n) is 4.66. The fourth-order valence-corrected chi connectivity index (χ4v) is 4.66. The van der Waals surface area contributed by atoms with Gasteiger partial charge >= 0.3 is 0 Å². The van der Waals surface area contributed by atoms with Gasteiger partial charge in [0.2, 0.25) is 5.91 Å². The van der Waals surface area contributed by atoms with E-state index in [0.717, 1.165) is 58.8 Å². The van der Waals surface area contributed by atoms with E-state index < -0.39 is 0 Å². The van der Waals surface area contributed by atoms with Crippen LogP contribution < -0.4 is 4.90 Å². The van der Waals surface area contributed by atoms with Gasteiger partial charge in [0.1, 0.15) is 0 Å². The molecule has 0 atom stereocenters. The molecule has 2 fully saturated rings. The monoisotopic (exact) mass is 450 g/mol. The summed E-state index contributed by atoms with van der Waals surface area (Å²) in [5, 5.41) is 0. The topological polar surface area (TPSA) is 30.0 Å². The number of carbonyl (C=O) groups is 1. The third kappa shape index (κ3) is 7.05. The van der Waals surface area contributed by atoms with Crippen molar-refractivity contribution >= 4 is 11.6 Å². The predicted molar refractivity (Wildman–Crippen MR) is 140 cm³/mol. The molecule has 5 heteroatoms. The Morgan fingerprint density at radius 3 is 2.03 bits per heavy atom. The second kappa shape index (κ2) is 12.8. The Morgan fingerprint density at radius 1 is 0.758 bits per heavy atom. The Bertz CT molecular complexity index is 829.